The van der Waals surface area contributed by atoms with Crippen molar-refractivity contribution in [3.05, 3.63) is 17.7 Å². The van der Waals surface area contributed by atoms with Gasteiger partial charge in [-0.15, -0.1) is 11.6 Å². The first-order chi connectivity index (χ1) is 7.26. The van der Waals surface area contributed by atoms with Crippen LogP contribution in [0.5, 0.6) is 17.2 Å². The van der Waals surface area contributed by atoms with Gasteiger partial charge in [-0.1, -0.05) is 0 Å². The van der Waals surface area contributed by atoms with Gasteiger partial charge in [0.1, 0.15) is 17.2 Å². The average molecular weight is 231 g/mol. The van der Waals surface area contributed by atoms with Gasteiger partial charge in [0.05, 0.1) is 21.3 Å². The molecule has 0 aliphatic carbocycles. The molecule has 1 aromatic rings. The van der Waals surface area contributed by atoms with Crippen LogP contribution < -0.4 is 14.2 Å². The summed E-state index contributed by atoms with van der Waals surface area (Å²) in [6.07, 6.45) is 0.706. The lowest BCUT2D eigenvalue weighted by Gasteiger charge is -2.13. The summed E-state index contributed by atoms with van der Waals surface area (Å²) in [6, 6.07) is 3.65. The van der Waals surface area contributed by atoms with Crippen LogP contribution in [0.4, 0.5) is 0 Å². The summed E-state index contributed by atoms with van der Waals surface area (Å²) in [5, 5.41) is 0. The highest BCUT2D eigenvalue weighted by atomic mass is 35.5. The minimum atomic E-state index is 0.527. The summed E-state index contributed by atoms with van der Waals surface area (Å²) >= 11 is 5.73. The van der Waals surface area contributed by atoms with E-state index in [1.165, 1.54) is 0 Å². The number of halogens is 1. The first kappa shape index (κ1) is 12.0. The van der Waals surface area contributed by atoms with E-state index in [9.17, 15) is 0 Å². The molecular formula is C11H15ClO3. The van der Waals surface area contributed by atoms with Crippen molar-refractivity contribution in [2.75, 3.05) is 27.2 Å². The zero-order chi connectivity index (χ0) is 11.3. The summed E-state index contributed by atoms with van der Waals surface area (Å²) in [4.78, 5) is 0. The molecule has 0 aromatic heterocycles. The highest BCUT2D eigenvalue weighted by Crippen LogP contribution is 2.34. The minimum absolute atomic E-state index is 0.527. The maximum Gasteiger partial charge on any atom is 0.129 e. The molecule has 0 fully saturated rings. The molecule has 0 saturated carbocycles. The SMILES string of the molecule is COc1cc(OC)c(CCCl)c(OC)c1. The summed E-state index contributed by atoms with van der Waals surface area (Å²) in [6.45, 7) is 0. The fourth-order valence-corrected chi connectivity index (χ4v) is 1.61. The third kappa shape index (κ3) is 2.69. The Labute approximate surface area is 94.9 Å². The van der Waals surface area contributed by atoms with E-state index < -0.39 is 0 Å². The molecule has 0 spiro atoms. The molecule has 0 amide bonds. The Balaban J connectivity index is 3.19. The third-order valence-corrected chi connectivity index (χ3v) is 2.35. The van der Waals surface area contributed by atoms with Gasteiger partial charge in [-0.2, -0.15) is 0 Å². The minimum Gasteiger partial charge on any atom is -0.496 e. The smallest absolute Gasteiger partial charge is 0.129 e. The molecule has 1 rings (SSSR count). The second-order valence-corrected chi connectivity index (χ2v) is 3.33. The predicted octanol–water partition coefficient (Wildman–Crippen LogP) is 2.49. The summed E-state index contributed by atoms with van der Waals surface area (Å²) in [7, 11) is 4.84. The summed E-state index contributed by atoms with van der Waals surface area (Å²) in [5.41, 5.74) is 0.968. The normalized spacial score (nSPS) is 9.87. The van der Waals surface area contributed by atoms with Crippen LogP contribution in [0.3, 0.4) is 0 Å². The Hall–Kier alpha value is -1.09. The highest BCUT2D eigenvalue weighted by Gasteiger charge is 2.12. The van der Waals surface area contributed by atoms with E-state index in [-0.39, 0.29) is 0 Å². The van der Waals surface area contributed by atoms with Crippen molar-refractivity contribution in [3.63, 3.8) is 0 Å². The topological polar surface area (TPSA) is 27.7 Å². The quantitative estimate of drug-likeness (QED) is 0.728. The van der Waals surface area contributed by atoms with Crippen molar-refractivity contribution in [3.8, 4) is 17.2 Å². The van der Waals surface area contributed by atoms with E-state index in [0.717, 1.165) is 17.1 Å². The maximum atomic E-state index is 5.73. The van der Waals surface area contributed by atoms with Crippen molar-refractivity contribution >= 4 is 11.6 Å². The molecular weight excluding hydrogens is 216 g/mol. The Morgan fingerprint density at radius 1 is 1.00 bits per heavy atom. The zero-order valence-electron chi connectivity index (χ0n) is 9.17. The monoisotopic (exact) mass is 230 g/mol. The molecule has 15 heavy (non-hydrogen) atoms. The molecule has 0 bridgehead atoms. The van der Waals surface area contributed by atoms with Crippen LogP contribution >= 0.6 is 11.6 Å². The van der Waals surface area contributed by atoms with Crippen LogP contribution in [-0.2, 0) is 6.42 Å². The Morgan fingerprint density at radius 2 is 1.53 bits per heavy atom. The number of ether oxygens (including phenoxy) is 3. The molecule has 0 radical (unpaired) electrons. The Morgan fingerprint density at radius 3 is 1.87 bits per heavy atom. The van der Waals surface area contributed by atoms with E-state index in [1.807, 2.05) is 12.1 Å². The first-order valence-electron chi connectivity index (χ1n) is 4.61. The molecule has 3 nitrogen and oxygen atoms in total. The largest absolute Gasteiger partial charge is 0.496 e. The van der Waals surface area contributed by atoms with E-state index in [1.54, 1.807) is 21.3 Å². The van der Waals surface area contributed by atoms with Crippen molar-refractivity contribution in [2.45, 2.75) is 6.42 Å². The molecule has 0 atom stereocenters. The zero-order valence-corrected chi connectivity index (χ0v) is 9.93. The highest BCUT2D eigenvalue weighted by molar-refractivity contribution is 6.18. The molecule has 0 N–H and O–H groups in total. The number of methoxy groups -OCH3 is 3. The molecule has 1 aromatic carbocycles. The second kappa shape index (κ2) is 5.71. The van der Waals surface area contributed by atoms with Crippen molar-refractivity contribution in [1.29, 1.82) is 0 Å². The van der Waals surface area contributed by atoms with E-state index in [2.05, 4.69) is 0 Å². The lowest BCUT2D eigenvalue weighted by Crippen LogP contribution is -1.99. The fraction of sp³-hybridized carbons (Fsp3) is 0.455. The lowest BCUT2D eigenvalue weighted by molar-refractivity contribution is 0.369. The Kier molecular flexibility index (Phi) is 4.56. The standard InChI is InChI=1S/C11H15ClO3/c1-13-8-6-10(14-2)9(4-5-12)11(7-8)15-3/h6-7H,4-5H2,1-3H3. The second-order valence-electron chi connectivity index (χ2n) is 2.95. The number of hydrogen-bond acceptors (Lipinski definition) is 3. The number of alkyl halides is 1. The third-order valence-electron chi connectivity index (χ3n) is 2.16. The number of benzene rings is 1. The molecule has 0 heterocycles. The van der Waals surface area contributed by atoms with Crippen LogP contribution in [0, 0.1) is 0 Å². The van der Waals surface area contributed by atoms with Gasteiger partial charge in [-0.05, 0) is 6.42 Å². The van der Waals surface area contributed by atoms with Crippen LogP contribution in [0.2, 0.25) is 0 Å². The van der Waals surface area contributed by atoms with Gasteiger partial charge in [0.15, 0.2) is 0 Å². The van der Waals surface area contributed by atoms with E-state index in [4.69, 9.17) is 25.8 Å². The van der Waals surface area contributed by atoms with Gasteiger partial charge in [0.2, 0.25) is 0 Å². The molecule has 0 saturated heterocycles. The fourth-order valence-electron chi connectivity index (χ4n) is 1.42. The van der Waals surface area contributed by atoms with Crippen LogP contribution in [0.15, 0.2) is 12.1 Å². The molecule has 0 aliphatic rings. The van der Waals surface area contributed by atoms with Gasteiger partial charge in [0, 0.05) is 23.6 Å². The van der Waals surface area contributed by atoms with Gasteiger partial charge in [-0.25, -0.2) is 0 Å². The summed E-state index contributed by atoms with van der Waals surface area (Å²) < 4.78 is 15.7. The molecule has 4 heteroatoms. The van der Waals surface area contributed by atoms with Gasteiger partial charge >= 0.3 is 0 Å². The van der Waals surface area contributed by atoms with Crippen molar-refractivity contribution < 1.29 is 14.2 Å². The summed E-state index contributed by atoms with van der Waals surface area (Å²) in [5.74, 6) is 2.72. The van der Waals surface area contributed by atoms with Crippen LogP contribution in [0.25, 0.3) is 0 Å². The average Bonchev–Trinajstić information content (AvgIpc) is 2.29. The van der Waals surface area contributed by atoms with Crippen molar-refractivity contribution in [1.82, 2.24) is 0 Å². The number of hydrogen-bond donors (Lipinski definition) is 0. The maximum absolute atomic E-state index is 5.73. The van der Waals surface area contributed by atoms with Crippen LogP contribution in [0.1, 0.15) is 5.56 Å². The first-order valence-corrected chi connectivity index (χ1v) is 5.15. The van der Waals surface area contributed by atoms with E-state index in [0.29, 0.717) is 18.1 Å². The number of rotatable bonds is 5. The lowest BCUT2D eigenvalue weighted by atomic mass is 10.1. The molecule has 0 aliphatic heterocycles. The van der Waals surface area contributed by atoms with Gasteiger partial charge < -0.3 is 14.2 Å². The predicted molar refractivity (Wildman–Crippen MR) is 60.5 cm³/mol. The van der Waals surface area contributed by atoms with Crippen LogP contribution in [-0.4, -0.2) is 27.2 Å². The van der Waals surface area contributed by atoms with Crippen molar-refractivity contribution in [2.24, 2.45) is 0 Å². The van der Waals surface area contributed by atoms with Gasteiger partial charge in [0.25, 0.3) is 0 Å². The molecule has 84 valence electrons. The van der Waals surface area contributed by atoms with Gasteiger partial charge in [-0.3, -0.25) is 0 Å². The van der Waals surface area contributed by atoms with E-state index >= 15 is 0 Å². The molecule has 0 unspecified atom stereocenters. The Bertz CT molecular complexity index is 301.